The summed E-state index contributed by atoms with van der Waals surface area (Å²) in [6, 6.07) is 0. The van der Waals surface area contributed by atoms with Crippen LogP contribution in [0.3, 0.4) is 0 Å². The Kier molecular flexibility index (Phi) is 2.74. The number of nitrogens with zero attached hydrogens (tertiary/aromatic N) is 1. The number of rotatable bonds is 0. The van der Waals surface area contributed by atoms with Gasteiger partial charge in [0.1, 0.15) is 6.23 Å². The quantitative estimate of drug-likeness (QED) is 0.425. The van der Waals surface area contributed by atoms with Crippen molar-refractivity contribution in [3.05, 3.63) is 35.8 Å². The molecule has 1 aliphatic carbocycles. The Bertz CT molecular complexity index is 398. The van der Waals surface area contributed by atoms with Crippen molar-refractivity contribution in [2.45, 2.75) is 25.6 Å². The van der Waals surface area contributed by atoms with E-state index >= 15 is 0 Å². The minimum atomic E-state index is -0.173. The van der Waals surface area contributed by atoms with Crippen LogP contribution in [0.25, 0.3) is 0 Å². The van der Waals surface area contributed by atoms with Gasteiger partial charge < -0.3 is 14.7 Å². The molecule has 0 bridgehead atoms. The predicted octanol–water partition coefficient (Wildman–Crippen LogP) is -2.24. The molecule has 16 heavy (non-hydrogen) atoms. The molecule has 4 heteroatoms. The maximum Gasteiger partial charge on any atom is 1.00 e. The maximum atomic E-state index is 12.2. The first kappa shape index (κ1) is 11.9. The Labute approximate surface area is 108 Å². The Morgan fingerprint density at radius 3 is 2.94 bits per heavy atom. The molecule has 0 aromatic rings. The minimum absolute atomic E-state index is 0. The van der Waals surface area contributed by atoms with Crippen molar-refractivity contribution < 1.29 is 28.7 Å². The van der Waals surface area contributed by atoms with Gasteiger partial charge in [-0.1, -0.05) is 24.3 Å². The molecule has 1 fully saturated rings. The van der Waals surface area contributed by atoms with E-state index in [4.69, 9.17) is 4.74 Å². The van der Waals surface area contributed by atoms with Crippen LogP contribution in [0.1, 0.15) is 13.8 Å². The summed E-state index contributed by atoms with van der Waals surface area (Å²) in [7, 11) is 0. The van der Waals surface area contributed by atoms with Crippen LogP contribution in [-0.4, -0.2) is 23.3 Å². The summed E-state index contributed by atoms with van der Waals surface area (Å²) in [5, 5.41) is 12.2. The Hall–Kier alpha value is -0.623. The molecule has 80 valence electrons. The van der Waals surface area contributed by atoms with Gasteiger partial charge in [-0.3, -0.25) is 0 Å². The first-order chi connectivity index (χ1) is 7.11. The normalized spacial score (nSPS) is 33.8. The summed E-state index contributed by atoms with van der Waals surface area (Å²) >= 11 is 0. The summed E-state index contributed by atoms with van der Waals surface area (Å²) in [6.45, 7) is 4.73. The molecule has 3 nitrogen and oxygen atoms in total. The van der Waals surface area contributed by atoms with Gasteiger partial charge in [0, 0.05) is 5.92 Å². The molecule has 0 radical (unpaired) electrons. The van der Waals surface area contributed by atoms with Gasteiger partial charge in [0.25, 0.3) is 0 Å². The molecular weight excluding hydrogens is 197 g/mol. The van der Waals surface area contributed by atoms with E-state index in [-0.39, 0.29) is 42.4 Å². The average Bonchev–Trinajstić information content (AvgIpc) is 2.67. The minimum Gasteiger partial charge on any atom is -0.860 e. The standard InChI is InChI=1S/C12H15NO2.Li/c1-12(2)7-15-11-9-6-4-3-5-8(9)10(14)13(11)12;/h3-6,9,11,14H,7H2,1-2H3;/q;+1/p-1/t9-,11-;/m0./s1. The third-order valence-electron chi connectivity index (χ3n) is 3.35. The van der Waals surface area contributed by atoms with E-state index in [0.29, 0.717) is 6.61 Å². The summed E-state index contributed by atoms with van der Waals surface area (Å²) in [4.78, 5) is 1.88. The van der Waals surface area contributed by atoms with Gasteiger partial charge in [-0.15, -0.1) is 0 Å². The Balaban J connectivity index is 0.000000963. The van der Waals surface area contributed by atoms with Crippen molar-refractivity contribution in [2.24, 2.45) is 5.92 Å². The number of allylic oxidation sites excluding steroid dienone is 3. The van der Waals surface area contributed by atoms with Crippen molar-refractivity contribution >= 4 is 0 Å². The zero-order chi connectivity index (χ0) is 10.6. The fourth-order valence-corrected chi connectivity index (χ4v) is 2.59. The number of hydrogen-bond acceptors (Lipinski definition) is 3. The third kappa shape index (κ3) is 1.39. The van der Waals surface area contributed by atoms with E-state index in [1.54, 1.807) is 0 Å². The fraction of sp³-hybridized carbons (Fsp3) is 0.500. The third-order valence-corrected chi connectivity index (χ3v) is 3.35. The SMILES string of the molecule is CC1(C)CO[C@H]2[C@H]3C=CC=CC3=C([O-])N21.[Li+]. The van der Waals surface area contributed by atoms with Crippen LogP contribution in [0.4, 0.5) is 0 Å². The molecule has 0 N–H and O–H groups in total. The fourth-order valence-electron chi connectivity index (χ4n) is 2.59. The molecule has 2 heterocycles. The van der Waals surface area contributed by atoms with Crippen molar-refractivity contribution in [3.63, 3.8) is 0 Å². The molecule has 0 aromatic heterocycles. The van der Waals surface area contributed by atoms with Gasteiger partial charge in [-0.05, 0) is 25.3 Å². The van der Waals surface area contributed by atoms with E-state index < -0.39 is 0 Å². The van der Waals surface area contributed by atoms with Crippen LogP contribution in [0.15, 0.2) is 35.8 Å². The molecule has 3 rings (SSSR count). The summed E-state index contributed by atoms with van der Waals surface area (Å²) < 4.78 is 5.73. The van der Waals surface area contributed by atoms with Crippen LogP contribution in [0, 0.1) is 5.92 Å². The smallest absolute Gasteiger partial charge is 0.860 e. The molecule has 3 aliphatic rings. The number of hydrogen-bond donors (Lipinski definition) is 0. The number of fused-ring (bicyclic) bond motifs is 3. The Morgan fingerprint density at radius 2 is 2.19 bits per heavy atom. The van der Waals surface area contributed by atoms with Gasteiger partial charge in [0.15, 0.2) is 0 Å². The molecule has 0 spiro atoms. The molecule has 0 unspecified atom stereocenters. The van der Waals surface area contributed by atoms with Crippen molar-refractivity contribution in [1.82, 2.24) is 4.90 Å². The van der Waals surface area contributed by atoms with Gasteiger partial charge in [0.2, 0.25) is 0 Å². The summed E-state index contributed by atoms with van der Waals surface area (Å²) in [5.74, 6) is 0.261. The average molecular weight is 211 g/mol. The number of ether oxygens (including phenoxy) is 1. The summed E-state index contributed by atoms with van der Waals surface area (Å²) in [5.41, 5.74) is 0.698. The predicted molar refractivity (Wildman–Crippen MR) is 54.5 cm³/mol. The second kappa shape index (κ2) is 3.70. The monoisotopic (exact) mass is 211 g/mol. The van der Waals surface area contributed by atoms with E-state index in [9.17, 15) is 5.11 Å². The van der Waals surface area contributed by atoms with E-state index in [1.165, 1.54) is 0 Å². The van der Waals surface area contributed by atoms with Crippen LogP contribution < -0.4 is 24.0 Å². The van der Waals surface area contributed by atoms with Gasteiger partial charge >= 0.3 is 18.9 Å². The van der Waals surface area contributed by atoms with Crippen LogP contribution in [-0.2, 0) is 4.74 Å². The first-order valence-electron chi connectivity index (χ1n) is 5.28. The van der Waals surface area contributed by atoms with Crippen LogP contribution in [0.2, 0.25) is 0 Å². The maximum absolute atomic E-state index is 12.2. The van der Waals surface area contributed by atoms with Gasteiger partial charge in [0.05, 0.1) is 12.1 Å². The second-order valence-corrected chi connectivity index (χ2v) is 4.91. The van der Waals surface area contributed by atoms with Gasteiger partial charge in [-0.25, -0.2) is 0 Å². The van der Waals surface area contributed by atoms with Gasteiger partial charge in [-0.2, -0.15) is 0 Å². The van der Waals surface area contributed by atoms with Crippen LogP contribution in [0.5, 0.6) is 0 Å². The second-order valence-electron chi connectivity index (χ2n) is 4.91. The molecular formula is C12H14LiNO2. The largest absolute Gasteiger partial charge is 1.00 e. The molecule has 1 saturated heterocycles. The van der Waals surface area contributed by atoms with Crippen molar-refractivity contribution in [2.75, 3.05) is 6.61 Å². The zero-order valence-electron chi connectivity index (χ0n) is 9.93. The van der Waals surface area contributed by atoms with E-state index in [0.717, 1.165) is 5.57 Å². The molecule has 0 saturated carbocycles. The van der Waals surface area contributed by atoms with Crippen LogP contribution >= 0.6 is 0 Å². The molecule has 2 aliphatic heterocycles. The van der Waals surface area contributed by atoms with Crippen molar-refractivity contribution in [3.8, 4) is 0 Å². The first-order valence-corrected chi connectivity index (χ1v) is 5.28. The molecule has 0 aromatic carbocycles. The van der Waals surface area contributed by atoms with E-state index in [2.05, 4.69) is 19.9 Å². The topological polar surface area (TPSA) is 35.5 Å². The van der Waals surface area contributed by atoms with E-state index in [1.807, 2.05) is 23.1 Å². The summed E-state index contributed by atoms with van der Waals surface area (Å²) in [6.07, 6.45) is 7.78. The van der Waals surface area contributed by atoms with Crippen molar-refractivity contribution in [1.29, 1.82) is 0 Å². The molecule has 0 amide bonds. The zero-order valence-corrected chi connectivity index (χ0v) is 9.93. The molecule has 2 atom stereocenters. The Morgan fingerprint density at radius 1 is 1.44 bits per heavy atom.